The molecule has 0 saturated heterocycles. The summed E-state index contributed by atoms with van der Waals surface area (Å²) in [6, 6.07) is 13.9. The van der Waals surface area contributed by atoms with Gasteiger partial charge in [0.1, 0.15) is 0 Å². The van der Waals surface area contributed by atoms with Crippen molar-refractivity contribution in [3.8, 4) is 0 Å². The predicted octanol–water partition coefficient (Wildman–Crippen LogP) is 4.34. The Balaban J connectivity index is 1.20. The molecule has 4 N–H and O–H groups in total. The molecule has 160 valence electrons. The van der Waals surface area contributed by atoms with Gasteiger partial charge in [0.25, 0.3) is 0 Å². The highest BCUT2D eigenvalue weighted by Crippen LogP contribution is 2.52. The van der Waals surface area contributed by atoms with Crippen molar-refractivity contribution in [3.05, 3.63) is 70.9 Å². The van der Waals surface area contributed by atoms with E-state index in [1.54, 1.807) is 0 Å². The first-order valence-electron chi connectivity index (χ1n) is 11.0. The third-order valence-corrected chi connectivity index (χ3v) is 6.94. The van der Waals surface area contributed by atoms with Gasteiger partial charge in [-0.05, 0) is 58.9 Å². The average Bonchev–Trinajstić information content (AvgIpc) is 3.32. The van der Waals surface area contributed by atoms with Crippen LogP contribution in [0.25, 0.3) is 10.9 Å². The quantitative estimate of drug-likeness (QED) is 0.479. The molecule has 0 saturated carbocycles. The number of rotatable bonds is 3. The van der Waals surface area contributed by atoms with Gasteiger partial charge in [0.2, 0.25) is 5.91 Å². The van der Waals surface area contributed by atoms with Crippen LogP contribution >= 0.6 is 0 Å². The Morgan fingerprint density at radius 3 is 2.81 bits per heavy atom. The van der Waals surface area contributed by atoms with Gasteiger partial charge >= 0.3 is 6.03 Å². The van der Waals surface area contributed by atoms with Gasteiger partial charge in [0.05, 0.1) is 12.5 Å². The Morgan fingerprint density at radius 2 is 1.94 bits per heavy atom. The van der Waals surface area contributed by atoms with Gasteiger partial charge in [-0.15, -0.1) is 0 Å². The predicted molar refractivity (Wildman–Crippen MR) is 121 cm³/mol. The third-order valence-electron chi connectivity index (χ3n) is 6.94. The Kier molecular flexibility index (Phi) is 4.73. The molecule has 0 bridgehead atoms. The zero-order chi connectivity index (χ0) is 21.6. The molecule has 1 aromatic heterocycles. The summed E-state index contributed by atoms with van der Waals surface area (Å²) >= 11 is 0. The SMILES string of the molecule is CC1(C)CCC2CC(NC(=O)NNC(=O)Cc3c[nH]c4ccccc34)c3cccc1c32. The van der Waals surface area contributed by atoms with Crippen LogP contribution in [0.1, 0.15) is 67.3 Å². The second kappa shape index (κ2) is 7.45. The van der Waals surface area contributed by atoms with E-state index in [1.807, 2.05) is 30.5 Å². The Labute approximate surface area is 181 Å². The largest absolute Gasteiger partial charge is 0.361 e. The molecule has 2 unspecified atom stereocenters. The van der Waals surface area contributed by atoms with Crippen molar-refractivity contribution < 1.29 is 9.59 Å². The van der Waals surface area contributed by atoms with Gasteiger partial charge < -0.3 is 10.3 Å². The molecule has 0 fully saturated rings. The summed E-state index contributed by atoms with van der Waals surface area (Å²) in [7, 11) is 0. The van der Waals surface area contributed by atoms with E-state index in [1.165, 1.54) is 16.7 Å². The van der Waals surface area contributed by atoms with Gasteiger partial charge in [-0.1, -0.05) is 50.2 Å². The number of hydrazine groups is 1. The molecule has 3 aromatic rings. The van der Waals surface area contributed by atoms with Crippen LogP contribution in [0.2, 0.25) is 0 Å². The van der Waals surface area contributed by atoms with Crippen LogP contribution < -0.4 is 16.2 Å². The second-order valence-corrected chi connectivity index (χ2v) is 9.40. The van der Waals surface area contributed by atoms with Crippen molar-refractivity contribution in [1.29, 1.82) is 0 Å². The first-order chi connectivity index (χ1) is 14.9. The molecule has 2 aliphatic carbocycles. The summed E-state index contributed by atoms with van der Waals surface area (Å²) < 4.78 is 0. The lowest BCUT2D eigenvalue weighted by Crippen LogP contribution is -2.48. The number of amides is 3. The van der Waals surface area contributed by atoms with E-state index in [2.05, 4.69) is 53.2 Å². The van der Waals surface area contributed by atoms with E-state index in [-0.39, 0.29) is 29.8 Å². The number of carbonyl (C=O) groups excluding carboxylic acids is 2. The van der Waals surface area contributed by atoms with Gasteiger partial charge in [0.15, 0.2) is 0 Å². The number of H-pyrrole nitrogens is 1. The second-order valence-electron chi connectivity index (χ2n) is 9.40. The maximum Gasteiger partial charge on any atom is 0.333 e. The van der Waals surface area contributed by atoms with E-state index < -0.39 is 0 Å². The van der Waals surface area contributed by atoms with E-state index in [0.717, 1.165) is 35.7 Å². The average molecular weight is 417 g/mol. The first kappa shape index (κ1) is 19.7. The molecule has 5 rings (SSSR count). The molecule has 2 aliphatic rings. The van der Waals surface area contributed by atoms with Crippen molar-refractivity contribution >= 4 is 22.8 Å². The lowest BCUT2D eigenvalue weighted by Gasteiger charge is -2.35. The van der Waals surface area contributed by atoms with Crippen molar-refractivity contribution in [3.63, 3.8) is 0 Å². The smallest absolute Gasteiger partial charge is 0.333 e. The fourth-order valence-corrected chi connectivity index (χ4v) is 5.35. The zero-order valence-electron chi connectivity index (χ0n) is 17.9. The minimum absolute atomic E-state index is 0.0284. The van der Waals surface area contributed by atoms with Crippen LogP contribution in [0, 0.1) is 0 Å². The Morgan fingerprint density at radius 1 is 1.10 bits per heavy atom. The monoisotopic (exact) mass is 416 g/mol. The number of aromatic nitrogens is 1. The number of benzene rings is 2. The summed E-state index contributed by atoms with van der Waals surface area (Å²) in [6.45, 7) is 4.60. The molecule has 1 heterocycles. The van der Waals surface area contributed by atoms with E-state index in [9.17, 15) is 9.59 Å². The molecule has 0 spiro atoms. The van der Waals surface area contributed by atoms with Crippen molar-refractivity contribution in [2.24, 2.45) is 0 Å². The van der Waals surface area contributed by atoms with Crippen molar-refractivity contribution in [2.75, 3.05) is 0 Å². The van der Waals surface area contributed by atoms with Gasteiger partial charge in [-0.3, -0.25) is 10.2 Å². The van der Waals surface area contributed by atoms with Crippen molar-refractivity contribution in [1.82, 2.24) is 21.2 Å². The van der Waals surface area contributed by atoms with Gasteiger partial charge in [-0.2, -0.15) is 0 Å². The fourth-order valence-electron chi connectivity index (χ4n) is 5.35. The van der Waals surface area contributed by atoms with Crippen LogP contribution in [-0.4, -0.2) is 16.9 Å². The third kappa shape index (κ3) is 3.56. The minimum atomic E-state index is -0.382. The normalized spacial score (nSPS) is 20.8. The number of hydrogen-bond acceptors (Lipinski definition) is 2. The fraction of sp³-hybridized carbons (Fsp3) is 0.360. The standard InChI is InChI=1S/C25H28N4O2/c1-25(2)11-10-15-12-21(18-7-5-8-19(25)23(15)18)27-24(31)29-28-22(30)13-16-14-26-20-9-4-3-6-17(16)20/h3-9,14-15,21,26H,10-13H2,1-2H3,(H,28,30)(H2,27,29,31). The summed E-state index contributed by atoms with van der Waals surface area (Å²) in [5.41, 5.74) is 11.2. The number of carbonyl (C=O) groups is 2. The number of aromatic amines is 1. The molecule has 6 nitrogen and oxygen atoms in total. The van der Waals surface area contributed by atoms with Crippen molar-refractivity contribution in [2.45, 2.75) is 56.9 Å². The van der Waals surface area contributed by atoms with Crippen LogP contribution in [0.5, 0.6) is 0 Å². The van der Waals surface area contributed by atoms with Crippen LogP contribution in [0.4, 0.5) is 4.79 Å². The first-order valence-corrected chi connectivity index (χ1v) is 11.0. The molecular formula is C25H28N4O2. The molecule has 31 heavy (non-hydrogen) atoms. The van der Waals surface area contributed by atoms with E-state index in [4.69, 9.17) is 0 Å². The number of fused-ring (bicyclic) bond motifs is 1. The maximum atomic E-state index is 12.5. The summed E-state index contributed by atoms with van der Waals surface area (Å²) in [5.74, 6) is 0.243. The molecule has 2 aromatic carbocycles. The minimum Gasteiger partial charge on any atom is -0.361 e. The van der Waals surface area contributed by atoms with Crippen LogP contribution in [0.3, 0.4) is 0 Å². The summed E-state index contributed by atoms with van der Waals surface area (Å²) in [6.07, 6.45) is 5.26. The number of nitrogens with one attached hydrogen (secondary N) is 4. The maximum absolute atomic E-state index is 12.5. The highest BCUT2D eigenvalue weighted by molar-refractivity contribution is 5.89. The highest BCUT2D eigenvalue weighted by atomic mass is 16.2. The Hall–Kier alpha value is -3.28. The molecule has 0 aliphatic heterocycles. The zero-order valence-corrected chi connectivity index (χ0v) is 17.9. The molecular weight excluding hydrogens is 388 g/mol. The summed E-state index contributed by atoms with van der Waals surface area (Å²) in [5, 5.41) is 4.07. The molecule has 2 atom stereocenters. The van der Waals surface area contributed by atoms with Gasteiger partial charge in [-0.25, -0.2) is 10.2 Å². The summed E-state index contributed by atoms with van der Waals surface area (Å²) in [4.78, 5) is 28.0. The topological polar surface area (TPSA) is 86.0 Å². The molecule has 0 radical (unpaired) electrons. The van der Waals surface area contributed by atoms with E-state index in [0.29, 0.717) is 5.92 Å². The number of para-hydroxylation sites is 1. The molecule has 3 amide bonds. The lowest BCUT2D eigenvalue weighted by atomic mass is 9.69. The highest BCUT2D eigenvalue weighted by Gasteiger charge is 2.40. The number of hydrogen-bond donors (Lipinski definition) is 4. The Bertz CT molecular complexity index is 1160. The van der Waals surface area contributed by atoms with Crippen LogP contribution in [0.15, 0.2) is 48.7 Å². The lowest BCUT2D eigenvalue weighted by molar-refractivity contribution is -0.121. The van der Waals surface area contributed by atoms with Crippen LogP contribution in [-0.2, 0) is 16.6 Å². The van der Waals surface area contributed by atoms with E-state index >= 15 is 0 Å². The van der Waals surface area contributed by atoms with Gasteiger partial charge in [0, 0.05) is 17.1 Å². The number of urea groups is 1. The molecule has 6 heteroatoms.